The molecule has 2 nitrogen and oxygen atoms in total. The summed E-state index contributed by atoms with van der Waals surface area (Å²) in [6.07, 6.45) is 0. The minimum Gasteiger partial charge on any atom is -0.311 e. The van der Waals surface area contributed by atoms with Crippen LogP contribution in [-0.4, -0.2) is 4.57 Å². The fourth-order valence-electron chi connectivity index (χ4n) is 9.55. The lowest BCUT2D eigenvalue weighted by molar-refractivity contribution is 1.18. The Hall–Kier alpha value is -7.98. The second-order valence-corrected chi connectivity index (χ2v) is 17.6. The summed E-state index contributed by atoms with van der Waals surface area (Å²) in [5.74, 6) is 0. The van der Waals surface area contributed by atoms with Crippen LogP contribution in [0.3, 0.4) is 0 Å². The highest BCUT2D eigenvalue weighted by Gasteiger charge is 2.17. The number of para-hydroxylation sites is 2. The fourth-order valence-corrected chi connectivity index (χ4v) is 10.9. The Kier molecular flexibility index (Phi) is 9.28. The van der Waals surface area contributed by atoms with Crippen molar-refractivity contribution in [2.24, 2.45) is 0 Å². The van der Waals surface area contributed by atoms with E-state index in [1.165, 1.54) is 92.0 Å². The Labute approximate surface area is 377 Å². The number of hydrogen-bond donors (Lipinski definition) is 0. The highest BCUT2D eigenvalue weighted by Crippen LogP contribution is 2.43. The van der Waals surface area contributed by atoms with Gasteiger partial charge in [-0.1, -0.05) is 170 Å². The Bertz CT molecular complexity index is 3640. The summed E-state index contributed by atoms with van der Waals surface area (Å²) in [5, 5.41) is 5.18. The molecule has 0 saturated carbocycles. The molecule has 0 aliphatic heterocycles. The van der Waals surface area contributed by atoms with Crippen LogP contribution in [0.5, 0.6) is 0 Å². The molecule has 2 aromatic heterocycles. The molecule has 2 heterocycles. The van der Waals surface area contributed by atoms with E-state index in [0.29, 0.717) is 0 Å². The number of aryl methyl sites for hydroxylation is 1. The van der Waals surface area contributed by atoms with Crippen molar-refractivity contribution in [3.05, 3.63) is 242 Å². The van der Waals surface area contributed by atoms with Gasteiger partial charge in [-0.2, -0.15) is 0 Å². The number of hydrogen-bond acceptors (Lipinski definition) is 2. The molecule has 0 radical (unpaired) electrons. The number of thiophene rings is 1. The first-order valence-corrected chi connectivity index (χ1v) is 22.7. The van der Waals surface area contributed by atoms with Crippen molar-refractivity contribution < 1.29 is 0 Å². The second-order valence-electron chi connectivity index (χ2n) is 16.6. The highest BCUT2D eigenvalue weighted by atomic mass is 32.1. The van der Waals surface area contributed by atoms with Crippen molar-refractivity contribution in [2.45, 2.75) is 6.92 Å². The Balaban J connectivity index is 0.909. The van der Waals surface area contributed by atoms with Crippen LogP contribution in [0.1, 0.15) is 5.56 Å². The van der Waals surface area contributed by atoms with Gasteiger partial charge < -0.3 is 9.47 Å². The largest absolute Gasteiger partial charge is 0.311 e. The first-order valence-electron chi connectivity index (χ1n) is 21.9. The van der Waals surface area contributed by atoms with Crippen molar-refractivity contribution in [3.63, 3.8) is 0 Å². The molecule has 0 aliphatic rings. The predicted molar refractivity (Wildman–Crippen MR) is 275 cm³/mol. The lowest BCUT2D eigenvalue weighted by Gasteiger charge is -2.26. The lowest BCUT2D eigenvalue weighted by Crippen LogP contribution is -2.09. The molecule has 12 aromatic rings. The van der Waals surface area contributed by atoms with E-state index in [2.05, 4.69) is 253 Å². The molecule has 64 heavy (non-hydrogen) atoms. The van der Waals surface area contributed by atoms with E-state index < -0.39 is 0 Å². The number of aromatic nitrogens is 1. The molecule has 0 fully saturated rings. The van der Waals surface area contributed by atoms with E-state index in [1.807, 2.05) is 11.3 Å². The SMILES string of the molecule is Cc1cccc2c1sc1c(-c3cccc(-c4ccc(N(c5ccc(-c6ccccc6)cc5)c5ccc(-c6ccc7c8ccccc8n(-c8ccccc8)c7c6)cc5)cc4)c3)cccc12. The zero-order valence-electron chi connectivity index (χ0n) is 35.3. The molecule has 12 rings (SSSR count). The smallest absolute Gasteiger partial charge is 0.0547 e. The maximum absolute atomic E-state index is 2.38. The summed E-state index contributed by atoms with van der Waals surface area (Å²) < 4.78 is 5.10. The van der Waals surface area contributed by atoms with Crippen LogP contribution in [-0.2, 0) is 0 Å². The number of anilines is 3. The predicted octanol–water partition coefficient (Wildman–Crippen LogP) is 17.6. The van der Waals surface area contributed by atoms with Crippen LogP contribution < -0.4 is 4.90 Å². The van der Waals surface area contributed by atoms with Gasteiger partial charge in [-0.25, -0.2) is 0 Å². The highest BCUT2D eigenvalue weighted by molar-refractivity contribution is 7.26. The zero-order valence-corrected chi connectivity index (χ0v) is 36.1. The second kappa shape index (κ2) is 15.7. The monoisotopic (exact) mass is 834 g/mol. The third-order valence-corrected chi connectivity index (χ3v) is 14.1. The molecule has 10 aromatic carbocycles. The maximum atomic E-state index is 2.38. The van der Waals surface area contributed by atoms with Gasteiger partial charge in [0.05, 0.1) is 11.0 Å². The summed E-state index contributed by atoms with van der Waals surface area (Å²) >= 11 is 1.91. The Morgan fingerprint density at radius 3 is 1.48 bits per heavy atom. The van der Waals surface area contributed by atoms with Gasteiger partial charge in [0.15, 0.2) is 0 Å². The van der Waals surface area contributed by atoms with E-state index in [0.717, 1.165) is 22.7 Å². The summed E-state index contributed by atoms with van der Waals surface area (Å²) in [5.41, 5.74) is 17.8. The van der Waals surface area contributed by atoms with Crippen LogP contribution in [0, 0.1) is 6.92 Å². The van der Waals surface area contributed by atoms with Crippen LogP contribution in [0.25, 0.3) is 92.2 Å². The average molecular weight is 835 g/mol. The molecule has 0 N–H and O–H groups in total. The normalized spacial score (nSPS) is 11.5. The molecule has 0 spiro atoms. The van der Waals surface area contributed by atoms with Crippen LogP contribution in [0.2, 0.25) is 0 Å². The first-order chi connectivity index (χ1) is 31.6. The average Bonchev–Trinajstić information content (AvgIpc) is 3.92. The molecule has 0 atom stereocenters. The van der Waals surface area contributed by atoms with Crippen molar-refractivity contribution >= 4 is 70.4 Å². The van der Waals surface area contributed by atoms with Crippen LogP contribution in [0.4, 0.5) is 17.1 Å². The molecular formula is C61H42N2S. The van der Waals surface area contributed by atoms with Gasteiger partial charge in [0.1, 0.15) is 0 Å². The summed E-state index contributed by atoms with van der Waals surface area (Å²) in [4.78, 5) is 2.36. The number of nitrogens with zero attached hydrogens (tertiary/aromatic N) is 2. The summed E-state index contributed by atoms with van der Waals surface area (Å²) in [6.45, 7) is 2.21. The van der Waals surface area contributed by atoms with Gasteiger partial charge in [-0.05, 0) is 124 Å². The minimum absolute atomic E-state index is 1.09. The minimum atomic E-state index is 1.09. The summed E-state index contributed by atoms with van der Waals surface area (Å²) in [6, 6.07) is 86.2. The molecule has 0 aliphatic carbocycles. The third kappa shape index (κ3) is 6.57. The Morgan fingerprint density at radius 1 is 0.328 bits per heavy atom. The molecular weight excluding hydrogens is 793 g/mol. The molecule has 0 unspecified atom stereocenters. The quantitative estimate of drug-likeness (QED) is 0.148. The topological polar surface area (TPSA) is 8.17 Å². The fraction of sp³-hybridized carbons (Fsp3) is 0.0164. The van der Waals surface area contributed by atoms with Gasteiger partial charge in [0, 0.05) is 53.7 Å². The van der Waals surface area contributed by atoms with Gasteiger partial charge in [0.25, 0.3) is 0 Å². The van der Waals surface area contributed by atoms with Crippen molar-refractivity contribution in [1.29, 1.82) is 0 Å². The van der Waals surface area contributed by atoms with Crippen molar-refractivity contribution in [3.8, 4) is 50.2 Å². The van der Waals surface area contributed by atoms with Gasteiger partial charge in [0.2, 0.25) is 0 Å². The van der Waals surface area contributed by atoms with Crippen molar-refractivity contribution in [2.75, 3.05) is 4.90 Å². The van der Waals surface area contributed by atoms with E-state index in [1.54, 1.807) is 0 Å². The Morgan fingerprint density at radius 2 is 0.797 bits per heavy atom. The summed E-state index contributed by atoms with van der Waals surface area (Å²) in [7, 11) is 0. The van der Waals surface area contributed by atoms with E-state index in [-0.39, 0.29) is 0 Å². The molecule has 0 amide bonds. The van der Waals surface area contributed by atoms with Crippen molar-refractivity contribution in [1.82, 2.24) is 4.57 Å². The molecule has 3 heteroatoms. The lowest BCUT2D eigenvalue weighted by atomic mass is 9.97. The number of fused-ring (bicyclic) bond motifs is 6. The van der Waals surface area contributed by atoms with Crippen LogP contribution in [0.15, 0.2) is 237 Å². The molecule has 0 saturated heterocycles. The number of rotatable bonds is 8. The standard InChI is InChI=1S/C61H42N2S/c1-41-13-10-22-56-57-23-12-21-53(61(57)64-60(41)56)48-17-11-16-46(39-48)44-27-34-51(35-28-44)62(50-32-25-43(26-33-50)42-14-4-2-5-15-42)52-36-29-45(30-37-52)47-31-38-55-54-20-8-9-24-58(54)63(59(55)40-47)49-18-6-3-7-19-49/h2-40H,1H3. The van der Waals surface area contributed by atoms with E-state index >= 15 is 0 Å². The maximum Gasteiger partial charge on any atom is 0.0547 e. The van der Waals surface area contributed by atoms with E-state index in [9.17, 15) is 0 Å². The van der Waals surface area contributed by atoms with Gasteiger partial charge in [-0.3, -0.25) is 0 Å². The van der Waals surface area contributed by atoms with Gasteiger partial charge in [-0.15, -0.1) is 11.3 Å². The molecule has 0 bridgehead atoms. The zero-order chi connectivity index (χ0) is 42.6. The first kappa shape index (κ1) is 37.8. The van der Waals surface area contributed by atoms with Gasteiger partial charge >= 0.3 is 0 Å². The molecule has 302 valence electrons. The number of benzene rings is 10. The van der Waals surface area contributed by atoms with E-state index in [4.69, 9.17) is 0 Å². The third-order valence-electron chi connectivity index (χ3n) is 12.7. The van der Waals surface area contributed by atoms with Crippen LogP contribution >= 0.6 is 11.3 Å².